The smallest absolute Gasteiger partial charge is 0.330 e. The number of aromatic nitrogens is 2. The minimum Gasteiger partial charge on any atom is -0.378 e. The third-order valence-corrected chi connectivity index (χ3v) is 2.84. The van der Waals surface area contributed by atoms with Gasteiger partial charge in [-0.25, -0.2) is 4.79 Å². The van der Waals surface area contributed by atoms with Crippen molar-refractivity contribution in [3.05, 3.63) is 32.6 Å². The molecule has 0 atom stereocenters. The highest BCUT2D eigenvalue weighted by atomic mass is 16.5. The Kier molecular flexibility index (Phi) is 2.93. The Hall–Kier alpha value is -1.40. The SMILES string of the molecule is Cn1c(CNC2COC2)cc(=O)n(C)c1=O. The minimum atomic E-state index is -0.297. The van der Waals surface area contributed by atoms with Crippen molar-refractivity contribution in [3.8, 4) is 0 Å². The highest BCUT2D eigenvalue weighted by Gasteiger charge is 2.17. The van der Waals surface area contributed by atoms with Crippen molar-refractivity contribution in [3.63, 3.8) is 0 Å². The van der Waals surface area contributed by atoms with Gasteiger partial charge in [-0.15, -0.1) is 0 Å². The Labute approximate surface area is 92.5 Å². The Morgan fingerprint density at radius 1 is 1.38 bits per heavy atom. The van der Waals surface area contributed by atoms with Gasteiger partial charge in [0.2, 0.25) is 0 Å². The minimum absolute atomic E-state index is 0.273. The van der Waals surface area contributed by atoms with Crippen LogP contribution in [0.25, 0.3) is 0 Å². The maximum Gasteiger partial charge on any atom is 0.330 e. The zero-order chi connectivity index (χ0) is 11.7. The van der Waals surface area contributed by atoms with Crippen molar-refractivity contribution in [1.82, 2.24) is 14.5 Å². The molecule has 1 aliphatic rings. The van der Waals surface area contributed by atoms with E-state index in [-0.39, 0.29) is 11.2 Å². The maximum atomic E-state index is 11.6. The van der Waals surface area contributed by atoms with Gasteiger partial charge in [0, 0.05) is 32.4 Å². The van der Waals surface area contributed by atoms with E-state index in [2.05, 4.69) is 5.32 Å². The molecular weight excluding hydrogens is 210 g/mol. The van der Waals surface area contributed by atoms with Gasteiger partial charge in [0.15, 0.2) is 0 Å². The number of rotatable bonds is 3. The molecule has 1 saturated heterocycles. The lowest BCUT2D eigenvalue weighted by atomic mass is 10.2. The van der Waals surface area contributed by atoms with Crippen LogP contribution in [0.4, 0.5) is 0 Å². The molecule has 16 heavy (non-hydrogen) atoms. The van der Waals surface area contributed by atoms with E-state index in [1.165, 1.54) is 17.7 Å². The van der Waals surface area contributed by atoms with Crippen LogP contribution in [0, 0.1) is 0 Å². The largest absolute Gasteiger partial charge is 0.378 e. The normalized spacial score (nSPS) is 16.1. The first kappa shape index (κ1) is 11.1. The standard InChI is InChI=1S/C10H15N3O3/c1-12-8(4-11-7-5-16-6-7)3-9(14)13(2)10(12)15/h3,7,11H,4-6H2,1-2H3. The Morgan fingerprint density at radius 2 is 2.06 bits per heavy atom. The van der Waals surface area contributed by atoms with Crippen molar-refractivity contribution in [1.29, 1.82) is 0 Å². The molecule has 1 aromatic rings. The summed E-state index contributed by atoms with van der Waals surface area (Å²) in [6.07, 6.45) is 0. The van der Waals surface area contributed by atoms with E-state index < -0.39 is 0 Å². The molecule has 0 bridgehead atoms. The van der Waals surface area contributed by atoms with Crippen LogP contribution in [0.1, 0.15) is 5.69 Å². The molecule has 0 aromatic carbocycles. The fourth-order valence-corrected chi connectivity index (χ4v) is 1.55. The van der Waals surface area contributed by atoms with Crippen molar-refractivity contribution in [2.24, 2.45) is 14.1 Å². The first-order chi connectivity index (χ1) is 7.59. The lowest BCUT2D eigenvalue weighted by Gasteiger charge is -2.27. The summed E-state index contributed by atoms with van der Waals surface area (Å²) in [6, 6.07) is 1.81. The molecule has 0 amide bonds. The van der Waals surface area contributed by atoms with Crippen LogP contribution in [0.3, 0.4) is 0 Å². The summed E-state index contributed by atoms with van der Waals surface area (Å²) in [5.41, 5.74) is 0.124. The average Bonchev–Trinajstić information content (AvgIpc) is 2.20. The summed E-state index contributed by atoms with van der Waals surface area (Å²) in [5.74, 6) is 0. The quantitative estimate of drug-likeness (QED) is 0.685. The molecule has 1 aliphatic heterocycles. The van der Waals surface area contributed by atoms with E-state index in [0.29, 0.717) is 31.5 Å². The van der Waals surface area contributed by atoms with Crippen molar-refractivity contribution >= 4 is 0 Å². The predicted molar refractivity (Wildman–Crippen MR) is 58.4 cm³/mol. The van der Waals surface area contributed by atoms with Crippen LogP contribution in [-0.4, -0.2) is 28.4 Å². The Bertz CT molecular complexity index is 499. The lowest BCUT2D eigenvalue weighted by molar-refractivity contribution is -0.00603. The van der Waals surface area contributed by atoms with Crippen molar-refractivity contribution in [2.45, 2.75) is 12.6 Å². The molecule has 0 saturated carbocycles. The fraction of sp³-hybridized carbons (Fsp3) is 0.600. The summed E-state index contributed by atoms with van der Waals surface area (Å²) in [6.45, 7) is 1.90. The van der Waals surface area contributed by atoms with E-state index in [0.717, 1.165) is 4.57 Å². The zero-order valence-corrected chi connectivity index (χ0v) is 9.40. The van der Waals surface area contributed by atoms with Crippen LogP contribution in [0.15, 0.2) is 15.7 Å². The van der Waals surface area contributed by atoms with Gasteiger partial charge in [0.1, 0.15) is 0 Å². The molecule has 2 heterocycles. The maximum absolute atomic E-state index is 11.6. The summed E-state index contributed by atoms with van der Waals surface area (Å²) >= 11 is 0. The molecule has 2 rings (SSSR count). The van der Waals surface area contributed by atoms with Crippen LogP contribution < -0.4 is 16.6 Å². The van der Waals surface area contributed by atoms with Crippen molar-refractivity contribution in [2.75, 3.05) is 13.2 Å². The van der Waals surface area contributed by atoms with Gasteiger partial charge < -0.3 is 10.1 Å². The highest BCUT2D eigenvalue weighted by Crippen LogP contribution is 2.01. The fourth-order valence-electron chi connectivity index (χ4n) is 1.55. The van der Waals surface area contributed by atoms with Crippen LogP contribution >= 0.6 is 0 Å². The molecule has 6 heteroatoms. The number of hydrogen-bond donors (Lipinski definition) is 1. The first-order valence-corrected chi connectivity index (χ1v) is 5.16. The number of nitrogens with one attached hydrogen (secondary N) is 1. The predicted octanol–water partition coefficient (Wildman–Crippen LogP) is -1.43. The summed E-state index contributed by atoms with van der Waals surface area (Å²) in [7, 11) is 3.14. The number of nitrogens with zero attached hydrogens (tertiary/aromatic N) is 2. The highest BCUT2D eigenvalue weighted by molar-refractivity contribution is 5.02. The molecule has 0 unspecified atom stereocenters. The topological polar surface area (TPSA) is 65.3 Å². The lowest BCUT2D eigenvalue weighted by Crippen LogP contribution is -2.47. The molecule has 0 radical (unpaired) electrons. The van der Waals surface area contributed by atoms with Crippen LogP contribution in [0.5, 0.6) is 0 Å². The van der Waals surface area contributed by atoms with E-state index in [4.69, 9.17) is 4.74 Å². The van der Waals surface area contributed by atoms with Crippen LogP contribution in [0.2, 0.25) is 0 Å². The molecule has 0 spiro atoms. The van der Waals surface area contributed by atoms with Gasteiger partial charge in [-0.2, -0.15) is 0 Å². The summed E-state index contributed by atoms with van der Waals surface area (Å²) < 4.78 is 7.60. The zero-order valence-electron chi connectivity index (χ0n) is 9.40. The first-order valence-electron chi connectivity index (χ1n) is 5.16. The van der Waals surface area contributed by atoms with Gasteiger partial charge in [0.05, 0.1) is 19.3 Å². The van der Waals surface area contributed by atoms with E-state index in [1.54, 1.807) is 7.05 Å². The number of ether oxygens (including phenoxy) is 1. The third-order valence-electron chi connectivity index (χ3n) is 2.84. The molecule has 0 aliphatic carbocycles. The summed E-state index contributed by atoms with van der Waals surface area (Å²) in [4.78, 5) is 23.1. The summed E-state index contributed by atoms with van der Waals surface area (Å²) in [5, 5.41) is 3.22. The van der Waals surface area contributed by atoms with Gasteiger partial charge in [-0.3, -0.25) is 13.9 Å². The van der Waals surface area contributed by atoms with Gasteiger partial charge in [-0.1, -0.05) is 0 Å². The third kappa shape index (κ3) is 1.94. The van der Waals surface area contributed by atoms with E-state index >= 15 is 0 Å². The molecule has 1 fully saturated rings. The van der Waals surface area contributed by atoms with Gasteiger partial charge >= 0.3 is 5.69 Å². The van der Waals surface area contributed by atoms with E-state index in [1.807, 2.05) is 0 Å². The van der Waals surface area contributed by atoms with Gasteiger partial charge in [-0.05, 0) is 0 Å². The average molecular weight is 225 g/mol. The van der Waals surface area contributed by atoms with Crippen LogP contribution in [-0.2, 0) is 25.4 Å². The second-order valence-corrected chi connectivity index (χ2v) is 3.99. The van der Waals surface area contributed by atoms with E-state index in [9.17, 15) is 9.59 Å². The molecular formula is C10H15N3O3. The Morgan fingerprint density at radius 3 is 2.62 bits per heavy atom. The molecule has 1 N–H and O–H groups in total. The molecule has 1 aromatic heterocycles. The van der Waals surface area contributed by atoms with Gasteiger partial charge in [0.25, 0.3) is 5.56 Å². The van der Waals surface area contributed by atoms with Crippen molar-refractivity contribution < 1.29 is 4.74 Å². The Balaban J connectivity index is 2.20. The second-order valence-electron chi connectivity index (χ2n) is 3.99. The number of hydrogen-bond acceptors (Lipinski definition) is 4. The molecule has 88 valence electrons. The molecule has 6 nitrogen and oxygen atoms in total. The second kappa shape index (κ2) is 4.23. The monoisotopic (exact) mass is 225 g/mol.